The van der Waals surface area contributed by atoms with Crippen LogP contribution >= 0.6 is 0 Å². The molecule has 0 atom stereocenters. The number of primary amides is 1. The summed E-state index contributed by atoms with van der Waals surface area (Å²) in [6, 6.07) is 6.46. The highest BCUT2D eigenvalue weighted by Gasteiger charge is 2.32. The van der Waals surface area contributed by atoms with Crippen LogP contribution in [0.25, 0.3) is 11.3 Å². The van der Waals surface area contributed by atoms with Gasteiger partial charge in [-0.15, -0.1) is 0 Å². The molecule has 0 radical (unpaired) electrons. The second-order valence-corrected chi connectivity index (χ2v) is 6.93. The molecule has 8 heteroatoms. The SMILES string of the molecule is C=CC(F)(F)COc1ccc(-c2nn(C3CC(C)C3)c(N)c2C(N)=O)cc1. The monoisotopic (exact) mass is 376 g/mol. The number of halogens is 2. The number of nitrogens with two attached hydrogens (primary N) is 2. The Morgan fingerprint density at radius 2 is 2.04 bits per heavy atom. The highest BCUT2D eigenvalue weighted by Crippen LogP contribution is 2.40. The van der Waals surface area contributed by atoms with Crippen LogP contribution in [0.5, 0.6) is 5.75 Å². The molecule has 3 rings (SSSR count). The van der Waals surface area contributed by atoms with Crippen LogP contribution < -0.4 is 16.2 Å². The third-order valence-corrected chi connectivity index (χ3v) is 4.75. The molecule has 1 amide bonds. The van der Waals surface area contributed by atoms with Crippen LogP contribution in [0.3, 0.4) is 0 Å². The molecule has 2 aromatic rings. The molecule has 4 N–H and O–H groups in total. The van der Waals surface area contributed by atoms with Crippen molar-refractivity contribution in [1.82, 2.24) is 9.78 Å². The van der Waals surface area contributed by atoms with Gasteiger partial charge >= 0.3 is 0 Å². The van der Waals surface area contributed by atoms with Gasteiger partial charge in [-0.25, -0.2) is 4.68 Å². The third-order valence-electron chi connectivity index (χ3n) is 4.75. The Bertz CT molecular complexity index is 855. The van der Waals surface area contributed by atoms with Gasteiger partial charge in [-0.05, 0) is 49.1 Å². The van der Waals surface area contributed by atoms with Crippen molar-refractivity contribution in [2.75, 3.05) is 12.3 Å². The normalized spacial score (nSPS) is 19.4. The van der Waals surface area contributed by atoms with E-state index in [0.29, 0.717) is 23.3 Å². The fraction of sp³-hybridized carbons (Fsp3) is 0.368. The number of hydrogen-bond donors (Lipinski definition) is 2. The van der Waals surface area contributed by atoms with Crippen molar-refractivity contribution >= 4 is 11.7 Å². The first kappa shape index (κ1) is 18.9. The molecule has 1 saturated carbocycles. The molecule has 0 spiro atoms. The van der Waals surface area contributed by atoms with Crippen molar-refractivity contribution < 1.29 is 18.3 Å². The quantitative estimate of drug-likeness (QED) is 0.724. The minimum Gasteiger partial charge on any atom is -0.487 e. The lowest BCUT2D eigenvalue weighted by Gasteiger charge is -2.33. The predicted molar refractivity (Wildman–Crippen MR) is 98.7 cm³/mol. The zero-order valence-electron chi connectivity index (χ0n) is 15.0. The van der Waals surface area contributed by atoms with Crippen LogP contribution in [0, 0.1) is 5.92 Å². The maximum Gasteiger partial charge on any atom is 0.299 e. The molecule has 1 heterocycles. The number of ether oxygens (including phenoxy) is 1. The zero-order chi connectivity index (χ0) is 19.8. The van der Waals surface area contributed by atoms with Crippen LogP contribution in [0.1, 0.15) is 36.2 Å². The van der Waals surface area contributed by atoms with Gasteiger partial charge in [-0.2, -0.15) is 13.9 Å². The maximum atomic E-state index is 13.2. The van der Waals surface area contributed by atoms with E-state index in [1.807, 2.05) is 0 Å². The average molecular weight is 376 g/mol. The molecule has 1 fully saturated rings. The first-order chi connectivity index (χ1) is 12.7. The Kier molecular flexibility index (Phi) is 4.91. The summed E-state index contributed by atoms with van der Waals surface area (Å²) in [5, 5.41) is 4.50. The molecule has 1 aliphatic carbocycles. The number of nitrogen functional groups attached to an aromatic ring is 1. The molecule has 6 nitrogen and oxygen atoms in total. The molecule has 1 aliphatic rings. The number of rotatable bonds is 7. The molecule has 0 unspecified atom stereocenters. The summed E-state index contributed by atoms with van der Waals surface area (Å²) in [5.74, 6) is -2.66. The molecule has 0 saturated heterocycles. The first-order valence-electron chi connectivity index (χ1n) is 8.64. The van der Waals surface area contributed by atoms with Gasteiger partial charge in [0, 0.05) is 5.56 Å². The molecule has 0 bridgehead atoms. The van der Waals surface area contributed by atoms with E-state index in [9.17, 15) is 13.6 Å². The Morgan fingerprint density at radius 1 is 1.41 bits per heavy atom. The van der Waals surface area contributed by atoms with Gasteiger partial charge in [0.25, 0.3) is 11.8 Å². The van der Waals surface area contributed by atoms with E-state index in [1.165, 1.54) is 12.1 Å². The lowest BCUT2D eigenvalue weighted by molar-refractivity contribution is 0.00545. The van der Waals surface area contributed by atoms with Gasteiger partial charge in [-0.1, -0.05) is 13.5 Å². The van der Waals surface area contributed by atoms with Crippen molar-refractivity contribution in [2.45, 2.75) is 31.7 Å². The van der Waals surface area contributed by atoms with Crippen molar-refractivity contribution in [2.24, 2.45) is 11.7 Å². The Balaban J connectivity index is 1.86. The Hall–Kier alpha value is -2.90. The standard InChI is InChI=1S/C19H22F2N4O2/c1-3-19(20,21)10-27-14-6-4-12(5-7-14)16-15(18(23)26)17(22)25(24-16)13-8-11(2)9-13/h3-7,11,13H,1,8-10,22H2,2H3,(H2,23,26). The van der Waals surface area contributed by atoms with Gasteiger partial charge in [0.15, 0.2) is 6.61 Å². The number of amides is 1. The van der Waals surface area contributed by atoms with E-state index in [1.54, 1.807) is 16.8 Å². The number of carbonyl (C=O) groups excluding carboxylic acids is 1. The van der Waals surface area contributed by atoms with E-state index in [0.717, 1.165) is 12.8 Å². The fourth-order valence-corrected chi connectivity index (χ4v) is 3.18. The molecule has 144 valence electrons. The van der Waals surface area contributed by atoms with Crippen molar-refractivity contribution in [1.29, 1.82) is 0 Å². The summed E-state index contributed by atoms with van der Waals surface area (Å²) < 4.78 is 33.1. The van der Waals surface area contributed by atoms with Gasteiger partial charge in [-0.3, -0.25) is 4.79 Å². The smallest absolute Gasteiger partial charge is 0.299 e. The van der Waals surface area contributed by atoms with Crippen LogP contribution in [0.4, 0.5) is 14.6 Å². The van der Waals surface area contributed by atoms with Crippen LogP contribution in [-0.2, 0) is 0 Å². The summed E-state index contributed by atoms with van der Waals surface area (Å²) in [6.45, 7) is 4.41. The molecular weight excluding hydrogens is 354 g/mol. The number of anilines is 1. The fourth-order valence-electron chi connectivity index (χ4n) is 3.18. The third kappa shape index (κ3) is 3.79. The summed E-state index contributed by atoms with van der Waals surface area (Å²) in [5.41, 5.74) is 12.8. The number of aromatic nitrogens is 2. The van der Waals surface area contributed by atoms with Crippen molar-refractivity contribution in [3.63, 3.8) is 0 Å². The van der Waals surface area contributed by atoms with Crippen LogP contribution in [0.2, 0.25) is 0 Å². The molecule has 0 aliphatic heterocycles. The van der Waals surface area contributed by atoms with E-state index >= 15 is 0 Å². The molecule has 27 heavy (non-hydrogen) atoms. The van der Waals surface area contributed by atoms with E-state index in [-0.39, 0.29) is 23.2 Å². The van der Waals surface area contributed by atoms with Gasteiger partial charge in [0.2, 0.25) is 0 Å². The van der Waals surface area contributed by atoms with E-state index in [2.05, 4.69) is 18.6 Å². The minimum atomic E-state index is -3.11. The Labute approximate surface area is 155 Å². The predicted octanol–water partition coefficient (Wildman–Crippen LogP) is 3.40. The minimum absolute atomic E-state index is 0.149. The van der Waals surface area contributed by atoms with E-state index in [4.69, 9.17) is 16.2 Å². The van der Waals surface area contributed by atoms with E-state index < -0.39 is 18.4 Å². The summed E-state index contributed by atoms with van der Waals surface area (Å²) in [7, 11) is 0. The highest BCUT2D eigenvalue weighted by molar-refractivity contribution is 6.03. The lowest BCUT2D eigenvalue weighted by atomic mass is 9.82. The second kappa shape index (κ2) is 7.02. The number of nitrogens with zero attached hydrogens (tertiary/aromatic N) is 2. The van der Waals surface area contributed by atoms with Gasteiger partial charge in [0.05, 0.1) is 6.04 Å². The first-order valence-corrected chi connectivity index (χ1v) is 8.64. The van der Waals surface area contributed by atoms with Crippen molar-refractivity contribution in [3.8, 4) is 17.0 Å². The molecule has 1 aromatic carbocycles. The largest absolute Gasteiger partial charge is 0.487 e. The summed E-state index contributed by atoms with van der Waals surface area (Å²) >= 11 is 0. The molecular formula is C19H22F2N4O2. The maximum absolute atomic E-state index is 13.2. The zero-order valence-corrected chi connectivity index (χ0v) is 15.0. The highest BCUT2D eigenvalue weighted by atomic mass is 19.3. The number of carbonyl (C=O) groups is 1. The van der Waals surface area contributed by atoms with Crippen LogP contribution in [0.15, 0.2) is 36.9 Å². The Morgan fingerprint density at radius 3 is 2.56 bits per heavy atom. The lowest BCUT2D eigenvalue weighted by Crippen LogP contribution is -2.27. The molecule has 1 aromatic heterocycles. The van der Waals surface area contributed by atoms with Crippen LogP contribution in [-0.4, -0.2) is 28.2 Å². The average Bonchev–Trinajstić information content (AvgIpc) is 2.95. The topological polar surface area (TPSA) is 96.2 Å². The number of benzene rings is 1. The summed E-state index contributed by atoms with van der Waals surface area (Å²) in [4.78, 5) is 11.9. The number of alkyl halides is 2. The van der Waals surface area contributed by atoms with Crippen molar-refractivity contribution in [3.05, 3.63) is 42.5 Å². The van der Waals surface area contributed by atoms with Gasteiger partial charge in [0.1, 0.15) is 22.8 Å². The second-order valence-electron chi connectivity index (χ2n) is 6.93. The number of hydrogen-bond acceptors (Lipinski definition) is 4. The summed E-state index contributed by atoms with van der Waals surface area (Å²) in [6.07, 6.45) is 2.42. The van der Waals surface area contributed by atoms with Gasteiger partial charge < -0.3 is 16.2 Å².